The van der Waals surface area contributed by atoms with Crippen LogP contribution in [0.3, 0.4) is 0 Å². The van der Waals surface area contributed by atoms with Crippen LogP contribution < -0.4 is 0 Å². The van der Waals surface area contributed by atoms with E-state index in [-0.39, 0.29) is 5.78 Å². The fourth-order valence-corrected chi connectivity index (χ4v) is 2.06. The average Bonchev–Trinajstić information content (AvgIpc) is 2.49. The van der Waals surface area contributed by atoms with Crippen molar-refractivity contribution in [1.29, 1.82) is 0 Å². The van der Waals surface area contributed by atoms with E-state index in [0.29, 0.717) is 17.6 Å². The van der Waals surface area contributed by atoms with Gasteiger partial charge in [0.05, 0.1) is 0 Å². The van der Waals surface area contributed by atoms with E-state index < -0.39 is 5.78 Å². The Bertz CT molecular complexity index is 589. The average molecular weight is 266 g/mol. The molecule has 0 radical (unpaired) electrons. The molecule has 0 atom stereocenters. The number of carbonyl (C=O) groups is 2. The van der Waals surface area contributed by atoms with Crippen LogP contribution in [0.4, 0.5) is 0 Å². The van der Waals surface area contributed by atoms with Crippen molar-refractivity contribution in [2.45, 2.75) is 26.2 Å². The molecule has 0 heterocycles. The third kappa shape index (κ3) is 3.41. The number of hydrogen-bond acceptors (Lipinski definition) is 2. The zero-order valence-corrected chi connectivity index (χ0v) is 11.6. The van der Waals surface area contributed by atoms with E-state index in [4.69, 9.17) is 0 Å². The molecule has 0 aromatic heterocycles. The first-order chi connectivity index (χ1) is 9.72. The molecule has 0 amide bonds. The van der Waals surface area contributed by atoms with Crippen LogP contribution in [0, 0.1) is 0 Å². The van der Waals surface area contributed by atoms with E-state index in [1.165, 1.54) is 0 Å². The fourth-order valence-electron chi connectivity index (χ4n) is 2.06. The highest BCUT2D eigenvalue weighted by Gasteiger charge is 2.23. The smallest absolute Gasteiger partial charge is 0.233 e. The number of rotatable bonds is 5. The van der Waals surface area contributed by atoms with E-state index in [0.717, 1.165) is 18.4 Å². The van der Waals surface area contributed by atoms with Crippen molar-refractivity contribution < 1.29 is 9.59 Å². The summed E-state index contributed by atoms with van der Waals surface area (Å²) in [6.07, 6.45) is 9.73. The van der Waals surface area contributed by atoms with Crippen molar-refractivity contribution in [1.82, 2.24) is 0 Å². The van der Waals surface area contributed by atoms with Crippen molar-refractivity contribution in [3.8, 4) is 0 Å². The van der Waals surface area contributed by atoms with Crippen molar-refractivity contribution >= 4 is 17.6 Å². The first-order valence-electron chi connectivity index (χ1n) is 6.95. The molecule has 1 aliphatic rings. The number of ketones is 2. The number of allylic oxidation sites excluding steroid dienone is 5. The van der Waals surface area contributed by atoms with Gasteiger partial charge < -0.3 is 0 Å². The normalized spacial score (nSPS) is 15.4. The van der Waals surface area contributed by atoms with E-state index in [2.05, 4.69) is 6.92 Å². The van der Waals surface area contributed by atoms with Gasteiger partial charge in [-0.05, 0) is 18.4 Å². The monoisotopic (exact) mass is 266 g/mol. The van der Waals surface area contributed by atoms with Gasteiger partial charge in [0.25, 0.3) is 0 Å². The lowest BCUT2D eigenvalue weighted by Gasteiger charge is -2.09. The topological polar surface area (TPSA) is 34.1 Å². The molecule has 20 heavy (non-hydrogen) atoms. The summed E-state index contributed by atoms with van der Waals surface area (Å²) in [5.74, 6) is -0.751. The van der Waals surface area contributed by atoms with Crippen LogP contribution in [-0.2, 0) is 9.59 Å². The first-order valence-corrected chi connectivity index (χ1v) is 6.95. The maximum atomic E-state index is 12.0. The second-order valence-corrected chi connectivity index (χ2v) is 4.82. The van der Waals surface area contributed by atoms with Crippen molar-refractivity contribution in [3.63, 3.8) is 0 Å². The fraction of sp³-hybridized carbons (Fsp3) is 0.222. The van der Waals surface area contributed by atoms with Gasteiger partial charge in [-0.3, -0.25) is 9.59 Å². The summed E-state index contributed by atoms with van der Waals surface area (Å²) in [7, 11) is 0. The number of hydrogen-bond donors (Lipinski definition) is 0. The molecule has 1 aromatic rings. The van der Waals surface area contributed by atoms with Crippen LogP contribution in [0.25, 0.3) is 6.08 Å². The van der Waals surface area contributed by atoms with E-state index in [1.807, 2.05) is 36.4 Å². The number of carbonyl (C=O) groups excluding carboxylic acids is 2. The molecule has 0 spiro atoms. The Morgan fingerprint density at radius 3 is 2.40 bits per heavy atom. The highest BCUT2D eigenvalue weighted by molar-refractivity contribution is 6.50. The number of benzene rings is 1. The molecule has 0 bridgehead atoms. The molecule has 102 valence electrons. The third-order valence-electron chi connectivity index (χ3n) is 3.28. The van der Waals surface area contributed by atoms with Crippen molar-refractivity contribution in [3.05, 3.63) is 65.3 Å². The highest BCUT2D eigenvalue weighted by atomic mass is 16.2. The molecule has 0 aliphatic heterocycles. The lowest BCUT2D eigenvalue weighted by atomic mass is 9.92. The zero-order chi connectivity index (χ0) is 14.4. The lowest BCUT2D eigenvalue weighted by molar-refractivity contribution is -0.132. The summed E-state index contributed by atoms with van der Waals surface area (Å²) in [6, 6.07) is 9.72. The van der Waals surface area contributed by atoms with Gasteiger partial charge in [-0.15, -0.1) is 0 Å². The Morgan fingerprint density at radius 2 is 1.70 bits per heavy atom. The predicted octanol–water partition coefficient (Wildman–Crippen LogP) is 3.89. The van der Waals surface area contributed by atoms with Crippen LogP contribution in [0.15, 0.2) is 59.7 Å². The van der Waals surface area contributed by atoms with Crippen molar-refractivity contribution in [2.75, 3.05) is 0 Å². The Kier molecular flexibility index (Phi) is 4.83. The van der Waals surface area contributed by atoms with Gasteiger partial charge >= 0.3 is 0 Å². The van der Waals surface area contributed by atoms with Gasteiger partial charge in [0.1, 0.15) is 0 Å². The summed E-state index contributed by atoms with van der Waals surface area (Å²) in [4.78, 5) is 24.0. The molecule has 0 N–H and O–H groups in total. The largest absolute Gasteiger partial charge is 0.285 e. The molecule has 2 rings (SSSR count). The van der Waals surface area contributed by atoms with Gasteiger partial charge in [0.2, 0.25) is 11.6 Å². The van der Waals surface area contributed by atoms with E-state index >= 15 is 0 Å². The Morgan fingerprint density at radius 1 is 0.950 bits per heavy atom. The van der Waals surface area contributed by atoms with E-state index in [9.17, 15) is 9.59 Å². The second-order valence-electron chi connectivity index (χ2n) is 4.82. The summed E-state index contributed by atoms with van der Waals surface area (Å²) in [6.45, 7) is 2.07. The first kappa shape index (κ1) is 14.2. The van der Waals surface area contributed by atoms with Crippen molar-refractivity contribution in [2.24, 2.45) is 0 Å². The van der Waals surface area contributed by atoms with Crippen LogP contribution >= 0.6 is 0 Å². The molecule has 0 unspecified atom stereocenters. The third-order valence-corrected chi connectivity index (χ3v) is 3.28. The summed E-state index contributed by atoms with van der Waals surface area (Å²) in [5.41, 5.74) is 2.10. The summed E-state index contributed by atoms with van der Waals surface area (Å²) >= 11 is 0. The maximum Gasteiger partial charge on any atom is 0.233 e. The molecule has 2 heteroatoms. The molecular formula is C18H18O2. The summed E-state index contributed by atoms with van der Waals surface area (Å²) in [5, 5.41) is 0. The maximum absolute atomic E-state index is 12.0. The molecule has 0 fully saturated rings. The van der Waals surface area contributed by atoms with E-state index in [1.54, 1.807) is 18.2 Å². The minimum Gasteiger partial charge on any atom is -0.285 e. The molecule has 1 aromatic carbocycles. The highest BCUT2D eigenvalue weighted by Crippen LogP contribution is 2.18. The van der Waals surface area contributed by atoms with Crippen LogP contribution in [0.1, 0.15) is 31.7 Å². The minimum absolute atomic E-state index is 0.353. The second kappa shape index (κ2) is 6.80. The molecule has 0 saturated carbocycles. The van der Waals surface area contributed by atoms with Gasteiger partial charge in [-0.25, -0.2) is 0 Å². The summed E-state index contributed by atoms with van der Waals surface area (Å²) < 4.78 is 0. The van der Waals surface area contributed by atoms with Crippen LogP contribution in [-0.4, -0.2) is 11.6 Å². The van der Waals surface area contributed by atoms with Gasteiger partial charge in [0.15, 0.2) is 0 Å². The van der Waals surface area contributed by atoms with Gasteiger partial charge in [-0.1, -0.05) is 68.0 Å². The standard InChI is InChI=1S/C18H18O2/c1-2-3-9-15-12-13-16(18(20)17(15)19)11-10-14-7-5-4-6-8-14/h4-8,10-13H,2-3,9H2,1H3. The van der Waals surface area contributed by atoms with Gasteiger partial charge in [-0.2, -0.15) is 0 Å². The molecule has 1 aliphatic carbocycles. The molecule has 2 nitrogen and oxygen atoms in total. The Hall–Kier alpha value is -2.22. The van der Waals surface area contributed by atoms with Gasteiger partial charge in [0, 0.05) is 11.1 Å². The number of Topliss-reactive ketones (excluding diaryl/α,β-unsaturated/α-hetero) is 2. The Balaban J connectivity index is 2.14. The quantitative estimate of drug-likeness (QED) is 0.598. The zero-order valence-electron chi connectivity index (χ0n) is 11.6. The Labute approximate surface area is 119 Å². The molecular weight excluding hydrogens is 248 g/mol. The van der Waals surface area contributed by atoms with Crippen LogP contribution in [0.2, 0.25) is 0 Å². The SMILES string of the molecule is CCCCC1=CC=C(C=Cc2ccccc2)C(=O)C1=O. The minimum atomic E-state index is -0.397. The number of unbranched alkanes of at least 4 members (excludes halogenated alkanes) is 1. The van der Waals surface area contributed by atoms with Crippen LogP contribution in [0.5, 0.6) is 0 Å². The lowest BCUT2D eigenvalue weighted by Crippen LogP contribution is -2.20. The molecule has 0 saturated heterocycles. The predicted molar refractivity (Wildman–Crippen MR) is 81.2 cm³/mol.